The number of epoxide rings is 1. The van der Waals surface area contributed by atoms with Crippen LogP contribution in [-0.2, 0) is 4.74 Å². The Bertz CT molecular complexity index is 1310. The summed E-state index contributed by atoms with van der Waals surface area (Å²) in [5.74, 6) is -0.934. The van der Waals surface area contributed by atoms with Gasteiger partial charge in [0.25, 0.3) is 5.91 Å². The summed E-state index contributed by atoms with van der Waals surface area (Å²) in [7, 11) is 0. The molecule has 5 rings (SSSR count). The van der Waals surface area contributed by atoms with Crippen molar-refractivity contribution in [3.05, 3.63) is 89.8 Å². The van der Waals surface area contributed by atoms with Crippen LogP contribution in [0.2, 0.25) is 0 Å². The van der Waals surface area contributed by atoms with Gasteiger partial charge in [0, 0.05) is 59.0 Å². The highest BCUT2D eigenvalue weighted by atomic mass is 16.6. The van der Waals surface area contributed by atoms with Crippen molar-refractivity contribution in [2.75, 3.05) is 22.5 Å². The highest BCUT2D eigenvalue weighted by Crippen LogP contribution is 2.27. The van der Waals surface area contributed by atoms with Gasteiger partial charge in [0.05, 0.1) is 6.10 Å². The molecule has 36 heavy (non-hydrogen) atoms. The van der Waals surface area contributed by atoms with Gasteiger partial charge in [-0.05, 0) is 80.9 Å². The summed E-state index contributed by atoms with van der Waals surface area (Å²) in [6.45, 7) is 6.80. The van der Waals surface area contributed by atoms with Crippen LogP contribution in [0.25, 0.3) is 5.70 Å². The molecule has 8 nitrogen and oxygen atoms in total. The topological polar surface area (TPSA) is 103 Å². The van der Waals surface area contributed by atoms with Crippen molar-refractivity contribution in [2.24, 2.45) is 4.99 Å². The van der Waals surface area contributed by atoms with Gasteiger partial charge in [-0.25, -0.2) is 4.99 Å². The van der Waals surface area contributed by atoms with Crippen LogP contribution in [0, 0.1) is 6.92 Å². The van der Waals surface area contributed by atoms with Crippen molar-refractivity contribution in [1.29, 1.82) is 0 Å². The number of aliphatic imine (C=N–C) groups is 1. The van der Waals surface area contributed by atoms with Crippen LogP contribution in [-0.4, -0.2) is 41.6 Å². The second kappa shape index (κ2) is 9.83. The van der Waals surface area contributed by atoms with Gasteiger partial charge < -0.3 is 26.0 Å². The van der Waals surface area contributed by atoms with Crippen molar-refractivity contribution in [3.8, 4) is 0 Å². The molecule has 184 valence electrons. The van der Waals surface area contributed by atoms with Crippen LogP contribution in [0.5, 0.6) is 0 Å². The average Bonchev–Trinajstić information content (AvgIpc) is 3.60. The molecule has 3 atom stereocenters. The molecule has 1 amide bonds. The Morgan fingerprint density at radius 3 is 2.64 bits per heavy atom. The van der Waals surface area contributed by atoms with E-state index in [-0.39, 0.29) is 12.0 Å². The lowest BCUT2D eigenvalue weighted by atomic mass is 10.1. The minimum atomic E-state index is -0.764. The third kappa shape index (κ3) is 5.55. The van der Waals surface area contributed by atoms with E-state index in [1.165, 1.54) is 0 Å². The number of pyridine rings is 1. The van der Waals surface area contributed by atoms with Gasteiger partial charge in [-0.1, -0.05) is 6.07 Å². The number of nitrogens with zero attached hydrogens (tertiary/aromatic N) is 2. The number of amides is 1. The molecule has 1 fully saturated rings. The monoisotopic (exact) mass is 482 g/mol. The highest BCUT2D eigenvalue weighted by molar-refractivity contribution is 6.04. The number of rotatable bonds is 8. The Morgan fingerprint density at radius 1 is 1.14 bits per heavy atom. The molecule has 2 aromatic carbocycles. The second-order valence-corrected chi connectivity index (χ2v) is 9.24. The zero-order valence-corrected chi connectivity index (χ0v) is 20.6. The maximum absolute atomic E-state index is 12.9. The van der Waals surface area contributed by atoms with Crippen LogP contribution in [0.4, 0.5) is 17.1 Å². The van der Waals surface area contributed by atoms with Gasteiger partial charge in [0.1, 0.15) is 6.10 Å². The number of aryl methyl sites for hydroxylation is 1. The lowest BCUT2D eigenvalue weighted by Crippen LogP contribution is -2.48. The van der Waals surface area contributed by atoms with Crippen molar-refractivity contribution >= 4 is 34.9 Å². The Morgan fingerprint density at radius 2 is 1.92 bits per heavy atom. The smallest absolute Gasteiger partial charge is 0.255 e. The Hall–Kier alpha value is -4.17. The Kier molecular flexibility index (Phi) is 6.43. The fourth-order valence-corrected chi connectivity index (χ4v) is 4.05. The summed E-state index contributed by atoms with van der Waals surface area (Å²) in [6, 6.07) is 17.1. The van der Waals surface area contributed by atoms with E-state index < -0.39 is 5.79 Å². The van der Waals surface area contributed by atoms with Crippen molar-refractivity contribution in [3.63, 3.8) is 0 Å². The average molecular weight is 483 g/mol. The number of carbonyl (C=O) groups excluding carboxylic acids is 1. The Labute approximate surface area is 210 Å². The number of aromatic nitrogens is 1. The van der Waals surface area contributed by atoms with E-state index in [1.807, 2.05) is 80.7 Å². The van der Waals surface area contributed by atoms with E-state index in [0.717, 1.165) is 34.7 Å². The molecule has 3 aromatic rings. The summed E-state index contributed by atoms with van der Waals surface area (Å²) in [6.07, 6.45) is 7.85. The fraction of sp³-hybridized carbons (Fsp3) is 0.250. The molecule has 0 aliphatic carbocycles. The van der Waals surface area contributed by atoms with Crippen LogP contribution in [0.1, 0.15) is 35.3 Å². The molecule has 1 saturated heterocycles. The summed E-state index contributed by atoms with van der Waals surface area (Å²) in [5.41, 5.74) is 6.05. The lowest BCUT2D eigenvalue weighted by Gasteiger charge is -2.33. The molecule has 0 bridgehead atoms. The molecule has 2 aliphatic heterocycles. The minimum Gasteiger partial charge on any atom is -0.382 e. The first-order valence-electron chi connectivity index (χ1n) is 12.0. The first kappa shape index (κ1) is 23.6. The predicted molar refractivity (Wildman–Crippen MR) is 144 cm³/mol. The molecular formula is C28H30N6O2. The van der Waals surface area contributed by atoms with Crippen LogP contribution in [0.3, 0.4) is 0 Å². The standard InChI is InChI=1S/C28H30N6O2/c1-18-6-9-23(32-27(35)20-7-10-22(11-8-20)30-17-26-19(2)36-26)15-25(18)34-28(3)31-14-12-24(33-28)21-5-4-13-29-16-21/h4-16,19,26,30,33-34H,17H2,1-3H3,(H,32,35). The number of hydrogen-bond acceptors (Lipinski definition) is 7. The second-order valence-electron chi connectivity index (χ2n) is 9.24. The molecule has 4 N–H and O–H groups in total. The first-order valence-corrected chi connectivity index (χ1v) is 12.0. The zero-order chi connectivity index (χ0) is 25.1. The maximum Gasteiger partial charge on any atom is 0.255 e. The number of ether oxygens (including phenoxy) is 1. The van der Waals surface area contributed by atoms with E-state index >= 15 is 0 Å². The summed E-state index contributed by atoms with van der Waals surface area (Å²) < 4.78 is 5.42. The zero-order valence-electron chi connectivity index (χ0n) is 20.6. The molecule has 8 heteroatoms. The van der Waals surface area contributed by atoms with Gasteiger partial charge in [0.15, 0.2) is 0 Å². The van der Waals surface area contributed by atoms with E-state index in [9.17, 15) is 4.79 Å². The quantitative estimate of drug-likeness (QED) is 0.349. The number of nitrogens with one attached hydrogen (secondary N) is 4. The van der Waals surface area contributed by atoms with E-state index in [2.05, 4.69) is 38.2 Å². The third-order valence-electron chi connectivity index (χ3n) is 6.29. The van der Waals surface area contributed by atoms with Gasteiger partial charge in [-0.2, -0.15) is 0 Å². The SMILES string of the molecule is Cc1ccc(NC(=O)c2ccc(NCC3OC3C)cc2)cc1NC1(C)N=CC=C(c2cccnc2)N1. The minimum absolute atomic E-state index is 0.169. The predicted octanol–water partition coefficient (Wildman–Crippen LogP) is 4.64. The van der Waals surface area contributed by atoms with E-state index in [0.29, 0.717) is 17.4 Å². The molecule has 0 spiro atoms. The van der Waals surface area contributed by atoms with Crippen LogP contribution in [0.15, 0.2) is 78.1 Å². The van der Waals surface area contributed by atoms with Crippen LogP contribution < -0.4 is 21.3 Å². The summed E-state index contributed by atoms with van der Waals surface area (Å²) in [5, 5.41) is 13.3. The molecule has 3 heterocycles. The van der Waals surface area contributed by atoms with E-state index in [1.54, 1.807) is 12.4 Å². The maximum atomic E-state index is 12.9. The number of allylic oxidation sites excluding steroid dienone is 1. The van der Waals surface area contributed by atoms with Gasteiger partial charge in [0.2, 0.25) is 5.79 Å². The normalized spacial score (nSPS) is 22.2. The highest BCUT2D eigenvalue weighted by Gasteiger charge is 2.33. The van der Waals surface area contributed by atoms with E-state index in [4.69, 9.17) is 4.74 Å². The summed E-state index contributed by atoms with van der Waals surface area (Å²) in [4.78, 5) is 21.7. The largest absolute Gasteiger partial charge is 0.382 e. The van der Waals surface area contributed by atoms with Crippen molar-refractivity contribution in [2.45, 2.75) is 38.8 Å². The number of carbonyl (C=O) groups is 1. The van der Waals surface area contributed by atoms with Crippen LogP contribution >= 0.6 is 0 Å². The summed E-state index contributed by atoms with van der Waals surface area (Å²) >= 11 is 0. The molecule has 0 radical (unpaired) electrons. The molecule has 3 unspecified atom stereocenters. The fourth-order valence-electron chi connectivity index (χ4n) is 4.05. The van der Waals surface area contributed by atoms with Crippen molar-refractivity contribution < 1.29 is 9.53 Å². The molecule has 2 aliphatic rings. The number of benzene rings is 2. The Balaban J connectivity index is 1.23. The van der Waals surface area contributed by atoms with Crippen molar-refractivity contribution in [1.82, 2.24) is 10.3 Å². The lowest BCUT2D eigenvalue weighted by molar-refractivity contribution is 0.102. The first-order chi connectivity index (χ1) is 17.4. The molecule has 0 saturated carbocycles. The third-order valence-corrected chi connectivity index (χ3v) is 6.29. The molecule has 1 aromatic heterocycles. The van der Waals surface area contributed by atoms with Gasteiger partial charge in [-0.15, -0.1) is 0 Å². The number of anilines is 3. The number of hydrogen-bond donors (Lipinski definition) is 4. The van der Waals surface area contributed by atoms with Gasteiger partial charge >= 0.3 is 0 Å². The van der Waals surface area contributed by atoms with Gasteiger partial charge in [-0.3, -0.25) is 9.78 Å². The molecular weight excluding hydrogens is 452 g/mol.